The number of carboxylic acid groups (broad SMARTS) is 1. The predicted octanol–water partition coefficient (Wildman–Crippen LogP) is 4.47. The molecule has 2 rings (SSSR count). The monoisotopic (exact) mass is 364 g/mol. The minimum atomic E-state index is -0.762. The summed E-state index contributed by atoms with van der Waals surface area (Å²) in [7, 11) is 0. The van der Waals surface area contributed by atoms with Crippen LogP contribution in [-0.2, 0) is 9.59 Å². The van der Waals surface area contributed by atoms with Crippen molar-refractivity contribution in [1.29, 1.82) is 0 Å². The molecule has 0 radical (unpaired) electrons. The fraction of sp³-hybridized carbons (Fsp3) is 0.444. The minimum Gasteiger partial charge on any atom is -0.481 e. The Bertz CT molecular complexity index is 551. The Morgan fingerprint density at radius 1 is 1.23 bits per heavy atom. The van der Waals surface area contributed by atoms with Crippen molar-refractivity contribution < 1.29 is 14.7 Å². The average Bonchev–Trinajstić information content (AvgIpc) is 2.81. The zero-order chi connectivity index (χ0) is 15.9. The van der Waals surface area contributed by atoms with E-state index in [1.165, 1.54) is 0 Å². The van der Waals surface area contributed by atoms with Gasteiger partial charge in [0, 0.05) is 11.2 Å². The van der Waals surface area contributed by atoms with E-state index in [9.17, 15) is 14.7 Å². The fourth-order valence-corrected chi connectivity index (χ4v) is 3.47. The van der Waals surface area contributed by atoms with Gasteiger partial charge in [0.2, 0.25) is 0 Å². The van der Waals surface area contributed by atoms with E-state index in [1.807, 2.05) is 36.4 Å². The van der Waals surface area contributed by atoms with Crippen LogP contribution in [-0.4, -0.2) is 21.7 Å². The van der Waals surface area contributed by atoms with Crippen LogP contribution in [0.15, 0.2) is 42.0 Å². The van der Waals surface area contributed by atoms with Crippen LogP contribution in [0.5, 0.6) is 0 Å². The maximum absolute atomic E-state index is 11.7. The van der Waals surface area contributed by atoms with Gasteiger partial charge in [-0.15, -0.1) is 0 Å². The first-order chi connectivity index (χ1) is 10.6. The summed E-state index contributed by atoms with van der Waals surface area (Å²) in [6.07, 6.45) is 6.80. The van der Waals surface area contributed by atoms with E-state index >= 15 is 0 Å². The Morgan fingerprint density at radius 3 is 2.55 bits per heavy atom. The minimum absolute atomic E-state index is 0.199. The van der Waals surface area contributed by atoms with Crippen LogP contribution in [0.4, 0.5) is 0 Å². The number of aliphatic carboxylic acids is 1. The van der Waals surface area contributed by atoms with Gasteiger partial charge < -0.3 is 5.11 Å². The van der Waals surface area contributed by atoms with E-state index in [1.54, 1.807) is 0 Å². The molecule has 0 aromatic heterocycles. The first-order valence-electron chi connectivity index (χ1n) is 7.73. The molecule has 0 saturated carbocycles. The lowest BCUT2D eigenvalue weighted by atomic mass is 9.93. The topological polar surface area (TPSA) is 54.4 Å². The van der Waals surface area contributed by atoms with Crippen LogP contribution < -0.4 is 0 Å². The van der Waals surface area contributed by atoms with E-state index in [-0.39, 0.29) is 10.6 Å². The van der Waals surface area contributed by atoms with Gasteiger partial charge in [0.1, 0.15) is 0 Å². The molecule has 22 heavy (non-hydrogen) atoms. The Morgan fingerprint density at radius 2 is 1.95 bits per heavy atom. The van der Waals surface area contributed by atoms with Crippen molar-refractivity contribution in [3.63, 3.8) is 0 Å². The molecule has 0 fully saturated rings. The summed E-state index contributed by atoms with van der Waals surface area (Å²) < 4.78 is 0. The number of benzene rings is 1. The van der Waals surface area contributed by atoms with Gasteiger partial charge in [0.15, 0.2) is 5.78 Å². The zero-order valence-electron chi connectivity index (χ0n) is 12.5. The number of halogens is 1. The Kier molecular flexibility index (Phi) is 6.37. The van der Waals surface area contributed by atoms with Crippen molar-refractivity contribution in [3.8, 4) is 0 Å². The lowest BCUT2D eigenvalue weighted by Crippen LogP contribution is -2.11. The molecule has 1 aliphatic carbocycles. The highest BCUT2D eigenvalue weighted by Gasteiger charge is 2.21. The van der Waals surface area contributed by atoms with Crippen molar-refractivity contribution >= 4 is 27.7 Å². The first-order valence-corrected chi connectivity index (χ1v) is 8.65. The van der Waals surface area contributed by atoms with Crippen LogP contribution in [0.2, 0.25) is 0 Å². The maximum atomic E-state index is 11.7. The van der Waals surface area contributed by atoms with Gasteiger partial charge in [-0.25, -0.2) is 0 Å². The molecule has 1 aliphatic rings. The largest absolute Gasteiger partial charge is 0.481 e. The molecule has 3 nitrogen and oxygen atoms in total. The molecule has 2 unspecified atom stereocenters. The van der Waals surface area contributed by atoms with Crippen LogP contribution in [0.25, 0.3) is 0 Å². The lowest BCUT2D eigenvalue weighted by Gasteiger charge is -2.12. The number of carbonyl (C=O) groups excluding carboxylic acids is 1. The summed E-state index contributed by atoms with van der Waals surface area (Å²) in [6.45, 7) is 0. The summed E-state index contributed by atoms with van der Waals surface area (Å²) in [4.78, 5) is 23.2. The van der Waals surface area contributed by atoms with Crippen molar-refractivity contribution in [2.45, 2.75) is 49.3 Å². The molecule has 0 amide bonds. The molecule has 2 atom stereocenters. The highest BCUT2D eigenvalue weighted by Crippen LogP contribution is 2.26. The van der Waals surface area contributed by atoms with E-state index in [4.69, 9.17) is 0 Å². The number of alkyl halides is 1. The smallest absolute Gasteiger partial charge is 0.310 e. The number of unbranched alkanes of at least 4 members (excludes halogenated alkanes) is 2. The number of ketones is 1. The van der Waals surface area contributed by atoms with Gasteiger partial charge in [0.25, 0.3) is 0 Å². The second kappa shape index (κ2) is 8.28. The third kappa shape index (κ3) is 4.80. The molecule has 0 saturated heterocycles. The average molecular weight is 365 g/mol. The molecule has 1 aromatic carbocycles. The van der Waals surface area contributed by atoms with Gasteiger partial charge in [-0.05, 0) is 30.4 Å². The predicted molar refractivity (Wildman–Crippen MR) is 90.3 cm³/mol. The third-order valence-corrected chi connectivity index (χ3v) is 4.65. The highest BCUT2D eigenvalue weighted by atomic mass is 79.9. The summed E-state index contributed by atoms with van der Waals surface area (Å²) in [5.74, 6) is -0.947. The number of hydrogen-bond acceptors (Lipinski definition) is 2. The zero-order valence-corrected chi connectivity index (χ0v) is 14.1. The normalized spacial score (nSPS) is 19.0. The van der Waals surface area contributed by atoms with E-state index in [2.05, 4.69) is 15.9 Å². The van der Waals surface area contributed by atoms with Crippen LogP contribution in [0.1, 0.15) is 50.0 Å². The van der Waals surface area contributed by atoms with Gasteiger partial charge in [-0.2, -0.15) is 0 Å². The molecule has 0 aliphatic heterocycles. The van der Waals surface area contributed by atoms with Crippen LogP contribution >= 0.6 is 15.9 Å². The Labute approximate surface area is 139 Å². The standard InChI is InChI=1S/C18H21BrO3/c19-15-11-14(17(20)12-15)9-5-2-6-10-16(18(21)22)13-7-3-1-4-8-13/h1,3-4,7-8,11,15-16H,2,5-6,9-10,12H2,(H,21,22). The van der Waals surface area contributed by atoms with Gasteiger partial charge in [-0.1, -0.05) is 65.2 Å². The van der Waals surface area contributed by atoms with Gasteiger partial charge in [-0.3, -0.25) is 9.59 Å². The fourth-order valence-electron chi connectivity index (χ4n) is 2.86. The number of Topliss-reactive ketones (excluding diaryl/α,β-unsaturated/α-hetero) is 1. The van der Waals surface area contributed by atoms with Crippen molar-refractivity contribution in [2.75, 3.05) is 0 Å². The lowest BCUT2D eigenvalue weighted by molar-refractivity contribution is -0.139. The van der Waals surface area contributed by atoms with Crippen LogP contribution in [0, 0.1) is 0 Å². The van der Waals surface area contributed by atoms with Crippen molar-refractivity contribution in [1.82, 2.24) is 0 Å². The summed E-state index contributed by atoms with van der Waals surface area (Å²) in [5, 5.41) is 9.36. The highest BCUT2D eigenvalue weighted by molar-refractivity contribution is 9.09. The summed E-state index contributed by atoms with van der Waals surface area (Å²) in [6, 6.07) is 9.39. The first kappa shape index (κ1) is 16.9. The van der Waals surface area contributed by atoms with Crippen molar-refractivity contribution in [2.24, 2.45) is 0 Å². The second-order valence-electron chi connectivity index (χ2n) is 5.74. The maximum Gasteiger partial charge on any atom is 0.310 e. The molecule has 118 valence electrons. The van der Waals surface area contributed by atoms with Gasteiger partial charge in [0.05, 0.1) is 5.92 Å². The second-order valence-corrected chi connectivity index (χ2v) is 6.91. The summed E-state index contributed by atoms with van der Waals surface area (Å²) in [5.41, 5.74) is 1.80. The third-order valence-electron chi connectivity index (χ3n) is 4.06. The molecule has 0 spiro atoms. The van der Waals surface area contributed by atoms with E-state index < -0.39 is 11.9 Å². The number of carbonyl (C=O) groups is 2. The Hall–Kier alpha value is -1.42. The molecule has 0 heterocycles. The van der Waals surface area contributed by atoms with Crippen molar-refractivity contribution in [3.05, 3.63) is 47.5 Å². The SMILES string of the molecule is O=C1CC(Br)C=C1CCCCCC(C(=O)O)c1ccccc1. The molecule has 1 N–H and O–H groups in total. The molecule has 1 aromatic rings. The number of hydrogen-bond donors (Lipinski definition) is 1. The number of rotatable bonds is 8. The van der Waals surface area contributed by atoms with E-state index in [0.717, 1.165) is 36.8 Å². The van der Waals surface area contributed by atoms with E-state index in [0.29, 0.717) is 12.8 Å². The molecular formula is C18H21BrO3. The molecular weight excluding hydrogens is 344 g/mol. The summed E-state index contributed by atoms with van der Waals surface area (Å²) >= 11 is 3.44. The number of allylic oxidation sites excluding steroid dienone is 2. The quantitative estimate of drug-likeness (QED) is 0.546. The Balaban J connectivity index is 1.74. The molecule has 0 bridgehead atoms. The molecule has 4 heteroatoms. The number of carboxylic acids is 1. The van der Waals surface area contributed by atoms with Crippen LogP contribution in [0.3, 0.4) is 0 Å². The van der Waals surface area contributed by atoms with Gasteiger partial charge >= 0.3 is 5.97 Å².